The standard InChI is InChI=1S/C22H16ClF3N4O2S/c23-16-8-12-10-31-9-11-2-1-3-15(17(11)12)18(16)19-28-20(27)30-21(29-19)33-14-6-4-13(5-7-14)32-22(24,25)26/h1-4,6-8,13H,5,9-10H2,(H2,27,28,29,30). The van der Waals surface area contributed by atoms with E-state index in [1.165, 1.54) is 17.8 Å². The molecule has 2 N–H and O–H groups in total. The first-order chi connectivity index (χ1) is 15.8. The monoisotopic (exact) mass is 492 g/mol. The SMILES string of the molecule is Nc1nc(SC2=CCC(OC(F)(F)F)C=C2)nc(-c2c(Cl)cc3c4c(cccc24)COC3)n1. The van der Waals surface area contributed by atoms with Gasteiger partial charge in [0.25, 0.3) is 0 Å². The van der Waals surface area contributed by atoms with Gasteiger partial charge >= 0.3 is 6.36 Å². The minimum Gasteiger partial charge on any atom is -0.372 e. The van der Waals surface area contributed by atoms with Crippen LogP contribution in [0.3, 0.4) is 0 Å². The third-order valence-corrected chi connectivity index (χ3v) is 6.37. The minimum absolute atomic E-state index is 0.0149. The van der Waals surface area contributed by atoms with Gasteiger partial charge < -0.3 is 10.5 Å². The topological polar surface area (TPSA) is 83.2 Å². The maximum absolute atomic E-state index is 12.4. The van der Waals surface area contributed by atoms with Crippen LogP contribution in [0.15, 0.2) is 52.6 Å². The van der Waals surface area contributed by atoms with Crippen molar-refractivity contribution in [1.82, 2.24) is 15.0 Å². The average Bonchev–Trinajstić information content (AvgIpc) is 2.74. The zero-order valence-corrected chi connectivity index (χ0v) is 18.5. The molecule has 0 bridgehead atoms. The van der Waals surface area contributed by atoms with E-state index in [9.17, 15) is 13.2 Å². The van der Waals surface area contributed by atoms with Crippen LogP contribution in [0.2, 0.25) is 5.02 Å². The zero-order valence-electron chi connectivity index (χ0n) is 16.9. The predicted molar refractivity (Wildman–Crippen MR) is 119 cm³/mol. The van der Waals surface area contributed by atoms with E-state index < -0.39 is 12.5 Å². The fraction of sp³-hybridized carbons (Fsp3) is 0.227. The number of thioether (sulfide) groups is 1. The van der Waals surface area contributed by atoms with Crippen LogP contribution < -0.4 is 5.73 Å². The summed E-state index contributed by atoms with van der Waals surface area (Å²) >= 11 is 7.80. The molecule has 2 heterocycles. The molecular weight excluding hydrogens is 477 g/mol. The first kappa shape index (κ1) is 22.1. The van der Waals surface area contributed by atoms with Gasteiger partial charge in [-0.3, -0.25) is 4.74 Å². The molecule has 0 saturated heterocycles. The lowest BCUT2D eigenvalue weighted by Gasteiger charge is -2.20. The summed E-state index contributed by atoms with van der Waals surface area (Å²) in [7, 11) is 0. The lowest BCUT2D eigenvalue weighted by molar-refractivity contribution is -0.335. The number of nitrogens with zero attached hydrogens (tertiary/aromatic N) is 3. The lowest BCUT2D eigenvalue weighted by Crippen LogP contribution is -2.22. The second-order valence-electron chi connectivity index (χ2n) is 7.43. The lowest BCUT2D eigenvalue weighted by atomic mass is 9.94. The number of allylic oxidation sites excluding steroid dienone is 1. The van der Waals surface area contributed by atoms with E-state index in [1.807, 2.05) is 24.3 Å². The molecular formula is C22H16ClF3N4O2S. The second-order valence-corrected chi connectivity index (χ2v) is 8.88. The molecule has 170 valence electrons. The smallest absolute Gasteiger partial charge is 0.372 e. The number of ether oxygens (including phenoxy) is 2. The van der Waals surface area contributed by atoms with Gasteiger partial charge in [0.15, 0.2) is 11.0 Å². The normalized spacial score (nSPS) is 17.9. The number of hydrogen-bond donors (Lipinski definition) is 1. The molecule has 33 heavy (non-hydrogen) atoms. The predicted octanol–water partition coefficient (Wildman–Crippen LogP) is 5.80. The zero-order chi connectivity index (χ0) is 23.2. The van der Waals surface area contributed by atoms with Gasteiger partial charge in [-0.15, -0.1) is 13.2 Å². The van der Waals surface area contributed by atoms with Crippen LogP contribution >= 0.6 is 23.4 Å². The molecule has 11 heteroatoms. The molecule has 1 aromatic heterocycles. The van der Waals surface area contributed by atoms with Gasteiger partial charge in [-0.1, -0.05) is 53.7 Å². The average molecular weight is 493 g/mol. The van der Waals surface area contributed by atoms with Crippen molar-refractivity contribution < 1.29 is 22.6 Å². The Labute approximate surface area is 195 Å². The van der Waals surface area contributed by atoms with Crippen molar-refractivity contribution in [3.63, 3.8) is 0 Å². The van der Waals surface area contributed by atoms with Crippen molar-refractivity contribution in [3.8, 4) is 11.4 Å². The molecule has 1 atom stereocenters. The van der Waals surface area contributed by atoms with Gasteiger partial charge in [0.05, 0.1) is 24.3 Å². The summed E-state index contributed by atoms with van der Waals surface area (Å²) in [6.45, 7) is 0.971. The maximum atomic E-state index is 12.4. The van der Waals surface area contributed by atoms with Gasteiger partial charge in [-0.25, -0.2) is 4.98 Å². The quantitative estimate of drug-likeness (QED) is 0.493. The van der Waals surface area contributed by atoms with Crippen molar-refractivity contribution in [2.75, 3.05) is 5.73 Å². The van der Waals surface area contributed by atoms with Crippen LogP contribution in [-0.4, -0.2) is 27.4 Å². The van der Waals surface area contributed by atoms with Crippen molar-refractivity contribution in [2.24, 2.45) is 0 Å². The molecule has 1 aliphatic carbocycles. The van der Waals surface area contributed by atoms with E-state index in [1.54, 1.807) is 12.2 Å². The highest BCUT2D eigenvalue weighted by Gasteiger charge is 2.33. The molecule has 1 aliphatic heterocycles. The van der Waals surface area contributed by atoms with Crippen molar-refractivity contribution in [3.05, 3.63) is 63.5 Å². The molecule has 0 spiro atoms. The second kappa shape index (κ2) is 8.60. The van der Waals surface area contributed by atoms with E-state index in [0.717, 1.165) is 21.9 Å². The highest BCUT2D eigenvalue weighted by Crippen LogP contribution is 2.40. The van der Waals surface area contributed by atoms with Gasteiger partial charge in [-0.2, -0.15) is 9.97 Å². The maximum Gasteiger partial charge on any atom is 0.523 e. The van der Waals surface area contributed by atoms with E-state index in [0.29, 0.717) is 39.7 Å². The van der Waals surface area contributed by atoms with Crippen LogP contribution in [0.5, 0.6) is 0 Å². The Hall–Kier alpha value is -2.66. The number of rotatable bonds is 4. The van der Waals surface area contributed by atoms with E-state index in [2.05, 4.69) is 19.7 Å². The van der Waals surface area contributed by atoms with E-state index in [4.69, 9.17) is 22.1 Å². The highest BCUT2D eigenvalue weighted by molar-refractivity contribution is 8.03. The Bertz CT molecular complexity index is 1310. The van der Waals surface area contributed by atoms with Gasteiger partial charge in [0.2, 0.25) is 5.95 Å². The van der Waals surface area contributed by atoms with Crippen molar-refractivity contribution >= 4 is 40.1 Å². The summed E-state index contributed by atoms with van der Waals surface area (Å²) in [6.07, 6.45) is -1.14. The summed E-state index contributed by atoms with van der Waals surface area (Å²) in [6, 6.07) is 7.73. The number of aromatic nitrogens is 3. The molecule has 1 unspecified atom stereocenters. The highest BCUT2D eigenvalue weighted by atomic mass is 35.5. The summed E-state index contributed by atoms with van der Waals surface area (Å²) in [5.74, 6) is 0.338. The van der Waals surface area contributed by atoms with Crippen LogP contribution in [0.1, 0.15) is 17.5 Å². The fourth-order valence-corrected chi connectivity index (χ4v) is 5.02. The van der Waals surface area contributed by atoms with Crippen molar-refractivity contribution in [2.45, 2.75) is 37.3 Å². The Kier molecular flexibility index (Phi) is 5.77. The first-order valence-corrected chi connectivity index (χ1v) is 11.1. The van der Waals surface area contributed by atoms with Crippen LogP contribution in [0, 0.1) is 0 Å². The van der Waals surface area contributed by atoms with Crippen LogP contribution in [0.25, 0.3) is 22.2 Å². The number of anilines is 1. The van der Waals surface area contributed by atoms with Gasteiger partial charge in [0.1, 0.15) is 0 Å². The van der Waals surface area contributed by atoms with E-state index >= 15 is 0 Å². The number of halogens is 4. The first-order valence-electron chi connectivity index (χ1n) is 9.90. The molecule has 2 aromatic carbocycles. The summed E-state index contributed by atoms with van der Waals surface area (Å²) in [5, 5.41) is 2.72. The Balaban J connectivity index is 1.48. The van der Waals surface area contributed by atoms with Gasteiger partial charge in [0, 0.05) is 10.5 Å². The number of benzene rings is 2. The summed E-state index contributed by atoms with van der Waals surface area (Å²) < 4.78 is 46.9. The molecule has 2 aliphatic rings. The number of nitrogens with two attached hydrogens (primary N) is 1. The van der Waals surface area contributed by atoms with Crippen LogP contribution in [0.4, 0.5) is 19.1 Å². The van der Waals surface area contributed by atoms with E-state index in [-0.39, 0.29) is 12.4 Å². The third-order valence-electron chi connectivity index (χ3n) is 5.17. The molecule has 0 radical (unpaired) electrons. The number of alkyl halides is 3. The van der Waals surface area contributed by atoms with Crippen molar-refractivity contribution in [1.29, 1.82) is 0 Å². The number of hydrogen-bond acceptors (Lipinski definition) is 7. The summed E-state index contributed by atoms with van der Waals surface area (Å²) in [5.41, 5.74) is 8.65. The van der Waals surface area contributed by atoms with Crippen LogP contribution in [-0.2, 0) is 22.7 Å². The summed E-state index contributed by atoms with van der Waals surface area (Å²) in [4.78, 5) is 13.7. The largest absolute Gasteiger partial charge is 0.523 e. The molecule has 6 nitrogen and oxygen atoms in total. The molecule has 0 amide bonds. The molecule has 0 saturated carbocycles. The molecule has 5 rings (SSSR count). The fourth-order valence-electron chi connectivity index (χ4n) is 3.90. The van der Waals surface area contributed by atoms with Gasteiger partial charge in [-0.05, 0) is 40.5 Å². The third kappa shape index (κ3) is 4.70. The Morgan fingerprint density at radius 1 is 1.15 bits per heavy atom. The molecule has 3 aromatic rings. The number of nitrogen functional groups attached to an aromatic ring is 1. The Morgan fingerprint density at radius 2 is 1.97 bits per heavy atom. The molecule has 0 fully saturated rings. The Morgan fingerprint density at radius 3 is 2.73 bits per heavy atom. The minimum atomic E-state index is -4.69.